The quantitative estimate of drug-likeness (QED) is 0.512. The molecule has 5 nitrogen and oxygen atoms in total. The highest BCUT2D eigenvalue weighted by molar-refractivity contribution is 5.81. The Labute approximate surface area is 140 Å². The van der Waals surface area contributed by atoms with Gasteiger partial charge >= 0.3 is 12.1 Å². The fourth-order valence-corrected chi connectivity index (χ4v) is 2.15. The van der Waals surface area contributed by atoms with Gasteiger partial charge in [0.15, 0.2) is 0 Å². The third-order valence-electron chi connectivity index (χ3n) is 3.50. The second kappa shape index (κ2) is 10.3. The highest BCUT2D eigenvalue weighted by Gasteiger charge is 2.29. The van der Waals surface area contributed by atoms with Crippen LogP contribution in [0.2, 0.25) is 0 Å². The van der Waals surface area contributed by atoms with Gasteiger partial charge in [-0.2, -0.15) is 0 Å². The molecule has 3 atom stereocenters. The molecule has 0 fully saturated rings. The van der Waals surface area contributed by atoms with E-state index in [0.29, 0.717) is 5.92 Å². The third kappa shape index (κ3) is 9.97. The van der Waals surface area contributed by atoms with Gasteiger partial charge in [0.05, 0.1) is 6.61 Å². The lowest BCUT2D eigenvalue weighted by molar-refractivity contribution is -0.147. The zero-order valence-corrected chi connectivity index (χ0v) is 15.5. The van der Waals surface area contributed by atoms with Gasteiger partial charge in [-0.3, -0.25) is 0 Å². The van der Waals surface area contributed by atoms with E-state index in [-0.39, 0.29) is 12.5 Å². The number of ether oxygens (including phenoxy) is 2. The van der Waals surface area contributed by atoms with Crippen LogP contribution in [0, 0.1) is 11.8 Å². The summed E-state index contributed by atoms with van der Waals surface area (Å²) >= 11 is 0. The molecule has 0 aromatic carbocycles. The number of carbonyl (C=O) groups is 2. The predicted molar refractivity (Wildman–Crippen MR) is 92.2 cm³/mol. The Kier molecular flexibility index (Phi) is 9.61. The number of hydrogen-bond donors (Lipinski definition) is 1. The molecule has 0 rings (SSSR count). The van der Waals surface area contributed by atoms with Gasteiger partial charge in [0.1, 0.15) is 11.6 Å². The van der Waals surface area contributed by atoms with Crippen molar-refractivity contribution in [2.75, 3.05) is 6.61 Å². The van der Waals surface area contributed by atoms with Crippen molar-refractivity contribution in [3.8, 4) is 0 Å². The van der Waals surface area contributed by atoms with Gasteiger partial charge in [0.25, 0.3) is 0 Å². The molecule has 0 aromatic rings. The SMILES string of the molecule is C=CC(C)CCC[C@@H](C)C(NC(=O)OC(C)(C)C)C(=O)OCC. The van der Waals surface area contributed by atoms with Crippen LogP contribution in [0.15, 0.2) is 12.7 Å². The van der Waals surface area contributed by atoms with Crippen LogP contribution < -0.4 is 5.32 Å². The minimum Gasteiger partial charge on any atom is -0.464 e. The maximum Gasteiger partial charge on any atom is 0.408 e. The Balaban J connectivity index is 4.69. The summed E-state index contributed by atoms with van der Waals surface area (Å²) in [6.07, 6.45) is 4.11. The Bertz CT molecular complexity index is 387. The Morgan fingerprint density at radius 1 is 1.22 bits per heavy atom. The van der Waals surface area contributed by atoms with E-state index in [2.05, 4.69) is 18.8 Å². The van der Waals surface area contributed by atoms with Crippen molar-refractivity contribution in [3.63, 3.8) is 0 Å². The highest BCUT2D eigenvalue weighted by atomic mass is 16.6. The zero-order valence-electron chi connectivity index (χ0n) is 15.5. The lowest BCUT2D eigenvalue weighted by atomic mass is 9.93. The second-order valence-corrected chi connectivity index (χ2v) is 7.00. The van der Waals surface area contributed by atoms with Crippen molar-refractivity contribution in [1.82, 2.24) is 5.32 Å². The van der Waals surface area contributed by atoms with Crippen molar-refractivity contribution in [3.05, 3.63) is 12.7 Å². The van der Waals surface area contributed by atoms with Crippen LogP contribution in [0.1, 0.15) is 60.8 Å². The van der Waals surface area contributed by atoms with Crippen LogP contribution in [-0.2, 0) is 14.3 Å². The summed E-state index contributed by atoms with van der Waals surface area (Å²) in [5.41, 5.74) is -0.605. The topological polar surface area (TPSA) is 64.6 Å². The van der Waals surface area contributed by atoms with Gasteiger partial charge < -0.3 is 14.8 Å². The molecule has 2 unspecified atom stereocenters. The number of amides is 1. The van der Waals surface area contributed by atoms with Gasteiger partial charge in [-0.1, -0.05) is 26.3 Å². The van der Waals surface area contributed by atoms with Gasteiger partial charge in [0, 0.05) is 0 Å². The maximum atomic E-state index is 12.1. The monoisotopic (exact) mass is 327 g/mol. The molecule has 0 saturated heterocycles. The molecule has 0 spiro atoms. The third-order valence-corrected chi connectivity index (χ3v) is 3.50. The Hall–Kier alpha value is -1.52. The first kappa shape index (κ1) is 21.5. The molecular formula is C18H33NO4. The van der Waals surface area contributed by atoms with Crippen molar-refractivity contribution in [2.24, 2.45) is 11.8 Å². The lowest BCUT2D eigenvalue weighted by Gasteiger charge is -2.26. The molecule has 23 heavy (non-hydrogen) atoms. The number of allylic oxidation sites excluding steroid dienone is 1. The summed E-state index contributed by atoms with van der Waals surface area (Å²) in [7, 11) is 0. The minimum atomic E-state index is -0.691. The molecule has 0 saturated carbocycles. The number of rotatable bonds is 9. The summed E-state index contributed by atoms with van der Waals surface area (Å²) < 4.78 is 10.3. The van der Waals surface area contributed by atoms with Crippen LogP contribution in [0.4, 0.5) is 4.79 Å². The van der Waals surface area contributed by atoms with E-state index in [1.54, 1.807) is 27.7 Å². The Morgan fingerprint density at radius 2 is 1.83 bits per heavy atom. The molecule has 1 N–H and O–H groups in total. The normalized spacial score (nSPS) is 15.2. The fraction of sp³-hybridized carbons (Fsp3) is 0.778. The summed E-state index contributed by atoms with van der Waals surface area (Å²) in [4.78, 5) is 24.1. The first-order valence-electron chi connectivity index (χ1n) is 8.39. The first-order valence-corrected chi connectivity index (χ1v) is 8.39. The molecule has 0 aliphatic rings. The largest absolute Gasteiger partial charge is 0.464 e. The van der Waals surface area contributed by atoms with E-state index in [4.69, 9.17) is 9.47 Å². The van der Waals surface area contributed by atoms with E-state index >= 15 is 0 Å². The van der Waals surface area contributed by atoms with Crippen molar-refractivity contribution >= 4 is 12.1 Å². The summed E-state index contributed by atoms with van der Waals surface area (Å²) in [6.45, 7) is 15.2. The molecule has 0 bridgehead atoms. The van der Waals surface area contributed by atoms with E-state index in [0.717, 1.165) is 19.3 Å². The summed E-state index contributed by atoms with van der Waals surface area (Å²) in [6, 6.07) is -0.691. The lowest BCUT2D eigenvalue weighted by Crippen LogP contribution is -2.47. The van der Waals surface area contributed by atoms with E-state index in [1.807, 2.05) is 13.0 Å². The van der Waals surface area contributed by atoms with E-state index < -0.39 is 23.7 Å². The van der Waals surface area contributed by atoms with Gasteiger partial charge in [-0.25, -0.2) is 9.59 Å². The van der Waals surface area contributed by atoms with Crippen LogP contribution in [0.5, 0.6) is 0 Å². The van der Waals surface area contributed by atoms with E-state index in [1.165, 1.54) is 0 Å². The number of nitrogens with one attached hydrogen (secondary N) is 1. The number of hydrogen-bond acceptors (Lipinski definition) is 4. The average molecular weight is 327 g/mol. The number of carbonyl (C=O) groups excluding carboxylic acids is 2. The number of alkyl carbamates (subject to hydrolysis) is 1. The van der Waals surface area contributed by atoms with Gasteiger partial charge in [-0.15, -0.1) is 6.58 Å². The summed E-state index contributed by atoms with van der Waals surface area (Å²) in [5, 5.41) is 2.65. The van der Waals surface area contributed by atoms with E-state index in [9.17, 15) is 9.59 Å². The molecule has 5 heteroatoms. The molecule has 134 valence electrons. The first-order chi connectivity index (χ1) is 10.6. The molecule has 0 heterocycles. The minimum absolute atomic E-state index is 0.0291. The summed E-state index contributed by atoms with van der Waals surface area (Å²) in [5.74, 6) is 0.00303. The van der Waals surface area contributed by atoms with Crippen LogP contribution in [0.25, 0.3) is 0 Å². The van der Waals surface area contributed by atoms with Crippen LogP contribution >= 0.6 is 0 Å². The van der Waals surface area contributed by atoms with Gasteiger partial charge in [-0.05, 0) is 52.4 Å². The van der Waals surface area contributed by atoms with Crippen molar-refractivity contribution in [2.45, 2.75) is 72.4 Å². The smallest absolute Gasteiger partial charge is 0.408 e. The molecular weight excluding hydrogens is 294 g/mol. The maximum absolute atomic E-state index is 12.1. The second-order valence-electron chi connectivity index (χ2n) is 7.00. The van der Waals surface area contributed by atoms with Crippen LogP contribution in [-0.4, -0.2) is 30.3 Å². The molecule has 1 amide bonds. The highest BCUT2D eigenvalue weighted by Crippen LogP contribution is 2.18. The molecule has 0 aliphatic carbocycles. The Morgan fingerprint density at radius 3 is 2.30 bits per heavy atom. The van der Waals surface area contributed by atoms with Crippen LogP contribution in [0.3, 0.4) is 0 Å². The van der Waals surface area contributed by atoms with Crippen molar-refractivity contribution < 1.29 is 19.1 Å². The number of esters is 1. The fourth-order valence-electron chi connectivity index (χ4n) is 2.15. The molecule has 0 aliphatic heterocycles. The standard InChI is InChI=1S/C18H33NO4/c1-8-13(3)11-10-12-14(4)15(16(20)22-9-2)19-17(21)23-18(5,6)7/h8,13-15H,1,9-12H2,2-7H3,(H,19,21)/t13?,14-,15?/m1/s1. The molecule has 0 radical (unpaired) electrons. The van der Waals surface area contributed by atoms with Gasteiger partial charge in [0.2, 0.25) is 0 Å². The molecule has 0 aromatic heterocycles. The average Bonchev–Trinajstić information content (AvgIpc) is 2.42. The zero-order chi connectivity index (χ0) is 18.0. The van der Waals surface area contributed by atoms with Crippen molar-refractivity contribution in [1.29, 1.82) is 0 Å². The predicted octanol–water partition coefficient (Wildman–Crippen LogP) is 4.07.